The number of quaternary nitrogens is 1. The number of hydrogen-bond acceptors (Lipinski definition) is 5. The van der Waals surface area contributed by atoms with Gasteiger partial charge in [0.1, 0.15) is 0 Å². The number of carbonyl (C=O) groups is 2. The zero-order valence-corrected chi connectivity index (χ0v) is 18.3. The van der Waals surface area contributed by atoms with Crippen molar-refractivity contribution >= 4 is 56.3 Å². The van der Waals surface area contributed by atoms with E-state index in [0.29, 0.717) is 5.12 Å². The minimum Gasteiger partial charge on any atom is -1.00 e. The first-order valence-electron chi connectivity index (χ1n) is 6.10. The Bertz CT molecular complexity index is 312. The molecule has 2 N–H and O–H groups in total. The van der Waals surface area contributed by atoms with Crippen LogP contribution in [0.2, 0.25) is 0 Å². The lowest BCUT2D eigenvalue weighted by molar-refractivity contribution is -0.885. The number of nitrogens with two attached hydrogens (primary N) is 1. The molecule has 0 aromatic rings. The number of halogens is 2. The van der Waals surface area contributed by atoms with Crippen LogP contribution in [-0.4, -0.2) is 64.4 Å². The van der Waals surface area contributed by atoms with Gasteiger partial charge in [-0.3, -0.25) is 9.59 Å². The second-order valence-electron chi connectivity index (χ2n) is 5.15. The maximum absolute atomic E-state index is 11.2. The molecule has 2 rings (SSSR count). The zero-order valence-electron chi connectivity index (χ0n) is 12.4. The van der Waals surface area contributed by atoms with E-state index in [-0.39, 0.29) is 41.2 Å². The van der Waals surface area contributed by atoms with Gasteiger partial charge < -0.3 is 34.2 Å². The van der Waals surface area contributed by atoms with Crippen molar-refractivity contribution in [1.29, 1.82) is 0 Å². The summed E-state index contributed by atoms with van der Waals surface area (Å²) >= 11 is 4.97. The fraction of sp³-hybridized carbons (Fsp3) is 0.833. The third-order valence-electron chi connectivity index (χ3n) is 2.82. The third-order valence-corrected chi connectivity index (χ3v) is 4.84. The Hall–Kier alpha value is 1.42. The summed E-state index contributed by atoms with van der Waals surface area (Å²) < 4.78 is 0.784. The average Bonchev–Trinajstić information content (AvgIpc) is 2.92. The van der Waals surface area contributed by atoms with Crippen molar-refractivity contribution in [2.24, 2.45) is 5.73 Å². The minimum absolute atomic E-state index is 0. The largest absolute Gasteiger partial charge is 1.00 e. The first-order valence-corrected chi connectivity index (χ1v) is 10.2. The molecule has 0 spiro atoms. The number of carbonyl (C=O) groups excluding carboxylic acids is 2. The highest BCUT2D eigenvalue weighted by Gasteiger charge is 2.35. The number of hydrogen-bond donors (Lipinski definition) is 1. The van der Waals surface area contributed by atoms with Gasteiger partial charge in [0.15, 0.2) is 6.04 Å². The molecule has 0 bridgehead atoms. The van der Waals surface area contributed by atoms with Crippen LogP contribution in [0.4, 0.5) is 0 Å². The molecule has 120 valence electrons. The van der Waals surface area contributed by atoms with Gasteiger partial charge in [0.2, 0.25) is 10.2 Å². The van der Waals surface area contributed by atoms with Gasteiger partial charge in [0.05, 0.1) is 27.2 Å². The molecule has 2 aliphatic heterocycles. The summed E-state index contributed by atoms with van der Waals surface area (Å²) in [5, 5.41) is 0.521. The van der Waals surface area contributed by atoms with Crippen LogP contribution in [0.15, 0.2) is 0 Å². The summed E-state index contributed by atoms with van der Waals surface area (Å²) in [5.41, 5.74) is 5.31. The molecule has 0 saturated carbocycles. The van der Waals surface area contributed by atoms with E-state index in [9.17, 15) is 9.59 Å². The molecule has 0 aromatic carbocycles. The molecule has 2 atom stereocenters. The Morgan fingerprint density at radius 1 is 1.05 bits per heavy atom. The number of likely N-dealkylation sites (N-methyl/N-ethyl adjacent to an activating group) is 1. The van der Waals surface area contributed by atoms with Gasteiger partial charge in [-0.05, 0) is 11.4 Å². The van der Waals surface area contributed by atoms with Crippen molar-refractivity contribution in [3.05, 3.63) is 0 Å². The molecule has 0 radical (unpaired) electrons. The van der Waals surface area contributed by atoms with Crippen LogP contribution < -0.4 is 29.7 Å². The standard InChI is InChI=1S/C7H14NOS.C4H7NOS.CH3I.HI/c1-8(2,3)6-4-5-10-7(6)9;5-3-1-2-7-4(3)6;1-2;/h6H,4-5H2,1-3H3;3H,1-2,5H2;1H3;1H/q+1;;;/p-1. The number of thioether (sulfide) groups is 2. The first-order chi connectivity index (χ1) is 8.82. The topological polar surface area (TPSA) is 60.2 Å². The summed E-state index contributed by atoms with van der Waals surface area (Å²) in [6, 6.07) is 0.0787. The summed E-state index contributed by atoms with van der Waals surface area (Å²) in [5.74, 6) is 1.93. The SMILES string of the molecule is CI.C[N+](C)(C)C1CCSC1=O.NC1CCSC1=O.[I-]. The van der Waals surface area contributed by atoms with Crippen molar-refractivity contribution < 1.29 is 38.0 Å². The Labute approximate surface area is 161 Å². The van der Waals surface area contributed by atoms with Gasteiger partial charge in [-0.2, -0.15) is 0 Å². The fourth-order valence-corrected chi connectivity index (χ4v) is 3.77. The number of rotatable bonds is 1. The normalized spacial score (nSPS) is 25.1. The molecule has 2 unspecified atom stereocenters. The summed E-state index contributed by atoms with van der Waals surface area (Å²) in [6.45, 7) is 0. The van der Waals surface area contributed by atoms with Gasteiger partial charge >= 0.3 is 0 Å². The van der Waals surface area contributed by atoms with Crippen LogP contribution in [0.25, 0.3) is 0 Å². The second-order valence-corrected chi connectivity index (χ2v) is 7.35. The van der Waals surface area contributed by atoms with Gasteiger partial charge in [0.25, 0.3) is 0 Å². The van der Waals surface area contributed by atoms with E-state index >= 15 is 0 Å². The van der Waals surface area contributed by atoms with Gasteiger partial charge in [0, 0.05) is 17.9 Å². The molecular formula is C12H24I2N2O2S2. The quantitative estimate of drug-likeness (QED) is 0.254. The lowest BCUT2D eigenvalue weighted by Gasteiger charge is -2.29. The fourth-order valence-electron chi connectivity index (χ4n) is 1.70. The average molecular weight is 546 g/mol. The molecule has 0 aromatic heterocycles. The van der Waals surface area contributed by atoms with Gasteiger partial charge in [-0.15, -0.1) is 0 Å². The first kappa shape index (κ1) is 23.7. The van der Waals surface area contributed by atoms with Crippen molar-refractivity contribution in [2.45, 2.75) is 24.9 Å². The summed E-state index contributed by atoms with van der Waals surface area (Å²) in [6.07, 6.45) is 1.91. The molecule has 2 aliphatic rings. The summed E-state index contributed by atoms with van der Waals surface area (Å²) in [7, 11) is 6.23. The summed E-state index contributed by atoms with van der Waals surface area (Å²) in [4.78, 5) is 23.6. The van der Waals surface area contributed by atoms with Crippen LogP contribution in [0.5, 0.6) is 0 Å². The van der Waals surface area contributed by atoms with E-state index in [4.69, 9.17) is 5.73 Å². The highest BCUT2D eigenvalue weighted by Crippen LogP contribution is 2.25. The predicted molar refractivity (Wildman–Crippen MR) is 93.9 cm³/mol. The second kappa shape index (κ2) is 11.9. The maximum atomic E-state index is 11.2. The number of nitrogens with zero attached hydrogens (tertiary/aromatic N) is 1. The van der Waals surface area contributed by atoms with Crippen molar-refractivity contribution in [3.63, 3.8) is 0 Å². The lowest BCUT2D eigenvalue weighted by Crippen LogP contribution is -3.00. The molecule has 0 amide bonds. The smallest absolute Gasteiger partial charge is 0.246 e. The van der Waals surface area contributed by atoms with Crippen LogP contribution in [0.3, 0.4) is 0 Å². The van der Waals surface area contributed by atoms with Gasteiger partial charge in [-0.25, -0.2) is 0 Å². The zero-order chi connectivity index (χ0) is 15.1. The Kier molecular flexibility index (Phi) is 14.1. The highest BCUT2D eigenvalue weighted by atomic mass is 127. The van der Waals surface area contributed by atoms with Crippen LogP contribution in [0.1, 0.15) is 12.8 Å². The highest BCUT2D eigenvalue weighted by molar-refractivity contribution is 14.1. The van der Waals surface area contributed by atoms with Crippen LogP contribution in [-0.2, 0) is 9.59 Å². The molecule has 0 aliphatic carbocycles. The van der Waals surface area contributed by atoms with Crippen molar-refractivity contribution in [1.82, 2.24) is 0 Å². The molecular weight excluding hydrogens is 522 g/mol. The minimum atomic E-state index is -0.162. The molecule has 20 heavy (non-hydrogen) atoms. The van der Waals surface area contributed by atoms with E-state index in [1.54, 1.807) is 0 Å². The maximum Gasteiger partial charge on any atom is 0.246 e. The molecule has 2 heterocycles. The van der Waals surface area contributed by atoms with Crippen LogP contribution in [0, 0.1) is 0 Å². The monoisotopic (exact) mass is 546 g/mol. The van der Waals surface area contributed by atoms with Crippen molar-refractivity contribution in [3.8, 4) is 0 Å². The molecule has 4 nitrogen and oxygen atoms in total. The van der Waals surface area contributed by atoms with Crippen molar-refractivity contribution in [2.75, 3.05) is 37.6 Å². The molecule has 2 fully saturated rings. The Morgan fingerprint density at radius 3 is 1.65 bits per heavy atom. The van der Waals surface area contributed by atoms with E-state index < -0.39 is 0 Å². The molecule has 8 heteroatoms. The third kappa shape index (κ3) is 8.76. The lowest BCUT2D eigenvalue weighted by atomic mass is 10.2. The van der Waals surface area contributed by atoms with E-state index in [1.807, 2.05) is 4.93 Å². The van der Waals surface area contributed by atoms with Crippen LogP contribution >= 0.6 is 46.1 Å². The van der Waals surface area contributed by atoms with Gasteiger partial charge in [-0.1, -0.05) is 46.1 Å². The Balaban J connectivity index is 0. The van der Waals surface area contributed by atoms with E-state index in [2.05, 4.69) is 43.7 Å². The molecule has 2 saturated heterocycles. The Morgan fingerprint density at radius 2 is 1.50 bits per heavy atom. The van der Waals surface area contributed by atoms with E-state index in [1.165, 1.54) is 23.5 Å². The number of alkyl halides is 1. The predicted octanol–water partition coefficient (Wildman–Crippen LogP) is -1.24. The van der Waals surface area contributed by atoms with E-state index in [0.717, 1.165) is 28.8 Å².